The van der Waals surface area contributed by atoms with Crippen molar-refractivity contribution in [3.63, 3.8) is 0 Å². The highest BCUT2D eigenvalue weighted by Gasteiger charge is 2.24. The summed E-state index contributed by atoms with van der Waals surface area (Å²) in [7, 11) is 0. The second-order valence-corrected chi connectivity index (χ2v) is 6.39. The number of hydrogen-bond acceptors (Lipinski definition) is 5. The number of aromatic nitrogens is 2. The van der Waals surface area contributed by atoms with Gasteiger partial charge in [0.1, 0.15) is 15.8 Å². The molecule has 1 aliphatic heterocycles. The fourth-order valence-electron chi connectivity index (χ4n) is 2.39. The van der Waals surface area contributed by atoms with Gasteiger partial charge in [0.05, 0.1) is 12.6 Å². The van der Waals surface area contributed by atoms with Gasteiger partial charge < -0.3 is 5.11 Å². The number of fused-ring (bicyclic) bond motifs is 1. The summed E-state index contributed by atoms with van der Waals surface area (Å²) < 4.78 is 0. The van der Waals surface area contributed by atoms with E-state index in [0.717, 1.165) is 29.0 Å². The van der Waals surface area contributed by atoms with Crippen molar-refractivity contribution in [2.45, 2.75) is 26.0 Å². The van der Waals surface area contributed by atoms with Gasteiger partial charge in [-0.15, -0.1) is 11.3 Å². The molecule has 2 atom stereocenters. The van der Waals surface area contributed by atoms with Gasteiger partial charge in [-0.25, -0.2) is 9.97 Å². The first kappa shape index (κ1) is 13.2. The molecule has 102 valence electrons. The third-order valence-electron chi connectivity index (χ3n) is 3.69. The number of hydrogen-bond donors (Lipinski definition) is 1. The summed E-state index contributed by atoms with van der Waals surface area (Å²) in [6.45, 7) is 4.40. The molecular weight excluding hydrogens is 282 g/mol. The van der Waals surface area contributed by atoms with Crippen LogP contribution in [0.5, 0.6) is 0 Å². The van der Waals surface area contributed by atoms with E-state index in [1.54, 1.807) is 11.3 Å². The van der Waals surface area contributed by atoms with Gasteiger partial charge in [0.2, 0.25) is 0 Å². The van der Waals surface area contributed by atoms with Crippen molar-refractivity contribution in [1.82, 2.24) is 14.9 Å². The number of aliphatic hydroxyl groups is 1. The smallest absolute Gasteiger partial charge is 0.145 e. The largest absolute Gasteiger partial charge is 0.392 e. The maximum absolute atomic E-state index is 9.91. The van der Waals surface area contributed by atoms with Gasteiger partial charge in [-0.05, 0) is 30.3 Å². The molecule has 1 aliphatic rings. The molecule has 0 radical (unpaired) electrons. The quantitative estimate of drug-likeness (QED) is 0.866. The van der Waals surface area contributed by atoms with E-state index in [-0.39, 0.29) is 6.10 Å². The summed E-state index contributed by atoms with van der Waals surface area (Å²) in [5, 5.41) is 13.3. The minimum absolute atomic E-state index is 0.255. The maximum Gasteiger partial charge on any atom is 0.145 e. The molecule has 0 aliphatic carbocycles. The number of piperidine rings is 1. The van der Waals surface area contributed by atoms with Crippen molar-refractivity contribution < 1.29 is 5.11 Å². The first-order valence-corrected chi connectivity index (χ1v) is 7.69. The number of aliphatic hydroxyl groups excluding tert-OH is 1. The summed E-state index contributed by atoms with van der Waals surface area (Å²) >= 11 is 7.74. The van der Waals surface area contributed by atoms with E-state index in [4.69, 9.17) is 11.6 Å². The molecule has 6 heteroatoms. The molecule has 2 aromatic rings. The summed E-state index contributed by atoms with van der Waals surface area (Å²) in [4.78, 5) is 12.0. The zero-order chi connectivity index (χ0) is 13.4. The SMILES string of the molecule is CC1CCN(Cc2nc(Cl)c3ccsc3n2)CC1O. The molecule has 1 saturated heterocycles. The number of rotatable bonds is 2. The Morgan fingerprint density at radius 1 is 1.53 bits per heavy atom. The molecule has 0 bridgehead atoms. The highest BCUT2D eigenvalue weighted by atomic mass is 35.5. The van der Waals surface area contributed by atoms with Gasteiger partial charge in [-0.3, -0.25) is 4.90 Å². The number of nitrogens with zero attached hydrogens (tertiary/aromatic N) is 3. The predicted molar refractivity (Wildman–Crippen MR) is 77.5 cm³/mol. The van der Waals surface area contributed by atoms with Crippen LogP contribution >= 0.6 is 22.9 Å². The van der Waals surface area contributed by atoms with Crippen molar-refractivity contribution >= 4 is 33.2 Å². The number of β-amino-alcohol motifs (C(OH)–C–C–N with tert-alkyl or cyclic N) is 1. The van der Waals surface area contributed by atoms with Crippen molar-refractivity contribution in [3.05, 3.63) is 22.4 Å². The van der Waals surface area contributed by atoms with Gasteiger partial charge in [-0.1, -0.05) is 18.5 Å². The first-order chi connectivity index (χ1) is 9.13. The zero-order valence-electron chi connectivity index (χ0n) is 10.7. The van der Waals surface area contributed by atoms with Crippen molar-refractivity contribution in [3.8, 4) is 0 Å². The number of likely N-dealkylation sites (tertiary alicyclic amines) is 1. The molecule has 3 heterocycles. The summed E-state index contributed by atoms with van der Waals surface area (Å²) in [6.07, 6.45) is 0.755. The van der Waals surface area contributed by atoms with Crippen LogP contribution in [-0.4, -0.2) is 39.2 Å². The van der Waals surface area contributed by atoms with Crippen LogP contribution in [0.1, 0.15) is 19.2 Å². The third-order valence-corrected chi connectivity index (χ3v) is 4.79. The molecule has 0 amide bonds. The lowest BCUT2D eigenvalue weighted by Crippen LogP contribution is -2.42. The lowest BCUT2D eigenvalue weighted by molar-refractivity contribution is 0.0249. The van der Waals surface area contributed by atoms with Crippen LogP contribution in [0.3, 0.4) is 0 Å². The monoisotopic (exact) mass is 297 g/mol. The highest BCUT2D eigenvalue weighted by molar-refractivity contribution is 7.16. The average Bonchev–Trinajstić information content (AvgIpc) is 2.82. The highest BCUT2D eigenvalue weighted by Crippen LogP contribution is 2.25. The van der Waals surface area contributed by atoms with E-state index >= 15 is 0 Å². The fourth-order valence-corrected chi connectivity index (χ4v) is 3.48. The van der Waals surface area contributed by atoms with Gasteiger partial charge in [0, 0.05) is 11.9 Å². The van der Waals surface area contributed by atoms with E-state index in [9.17, 15) is 5.11 Å². The molecule has 0 spiro atoms. The number of thiophene rings is 1. The maximum atomic E-state index is 9.91. The minimum atomic E-state index is -0.255. The molecule has 4 nitrogen and oxygen atoms in total. The lowest BCUT2D eigenvalue weighted by atomic mass is 9.96. The molecule has 3 rings (SSSR count). The van der Waals surface area contributed by atoms with Crippen LogP contribution in [-0.2, 0) is 6.54 Å². The second-order valence-electron chi connectivity index (χ2n) is 5.14. The van der Waals surface area contributed by atoms with Gasteiger partial charge >= 0.3 is 0 Å². The van der Waals surface area contributed by atoms with Gasteiger partial charge in [0.25, 0.3) is 0 Å². The topological polar surface area (TPSA) is 49.2 Å². The van der Waals surface area contributed by atoms with E-state index < -0.39 is 0 Å². The summed E-state index contributed by atoms with van der Waals surface area (Å²) in [5.74, 6) is 1.11. The summed E-state index contributed by atoms with van der Waals surface area (Å²) in [6, 6.07) is 1.94. The van der Waals surface area contributed by atoms with Crippen LogP contribution in [0, 0.1) is 5.92 Å². The molecule has 1 fully saturated rings. The third kappa shape index (κ3) is 2.74. The Hall–Kier alpha value is -0.750. The standard InChI is InChI=1S/C13H16ClN3OS/c1-8-2-4-17(6-10(8)18)7-11-15-12(14)9-3-5-19-13(9)16-11/h3,5,8,10,18H,2,4,6-7H2,1H3. The molecule has 0 aromatic carbocycles. The lowest BCUT2D eigenvalue weighted by Gasteiger charge is -2.33. The van der Waals surface area contributed by atoms with E-state index in [2.05, 4.69) is 21.8 Å². The van der Waals surface area contributed by atoms with Gasteiger partial charge in [-0.2, -0.15) is 0 Å². The van der Waals surface area contributed by atoms with Crippen LogP contribution in [0.25, 0.3) is 10.2 Å². The Labute approximate surface area is 121 Å². The van der Waals surface area contributed by atoms with E-state index in [0.29, 0.717) is 24.2 Å². The summed E-state index contributed by atoms with van der Waals surface area (Å²) in [5.41, 5.74) is 0. The molecular formula is C13H16ClN3OS. The molecule has 1 N–H and O–H groups in total. The first-order valence-electron chi connectivity index (χ1n) is 6.43. The Morgan fingerprint density at radius 3 is 3.16 bits per heavy atom. The fraction of sp³-hybridized carbons (Fsp3) is 0.538. The molecule has 19 heavy (non-hydrogen) atoms. The predicted octanol–water partition coefficient (Wildman–Crippen LogP) is 2.55. The van der Waals surface area contributed by atoms with E-state index in [1.165, 1.54) is 0 Å². The molecule has 0 saturated carbocycles. The van der Waals surface area contributed by atoms with Crippen LogP contribution in [0.15, 0.2) is 11.4 Å². The van der Waals surface area contributed by atoms with Crippen LogP contribution < -0.4 is 0 Å². The van der Waals surface area contributed by atoms with Crippen molar-refractivity contribution in [2.75, 3.05) is 13.1 Å². The van der Waals surface area contributed by atoms with Crippen molar-refractivity contribution in [2.24, 2.45) is 5.92 Å². The molecule has 2 aromatic heterocycles. The Bertz CT molecular complexity index is 588. The van der Waals surface area contributed by atoms with Crippen LogP contribution in [0.2, 0.25) is 5.15 Å². The zero-order valence-corrected chi connectivity index (χ0v) is 12.3. The Kier molecular flexibility index (Phi) is 3.71. The van der Waals surface area contributed by atoms with Gasteiger partial charge in [0.15, 0.2) is 0 Å². The average molecular weight is 298 g/mol. The van der Waals surface area contributed by atoms with E-state index in [1.807, 2.05) is 11.4 Å². The minimum Gasteiger partial charge on any atom is -0.392 e. The Balaban J connectivity index is 1.78. The van der Waals surface area contributed by atoms with Crippen LogP contribution in [0.4, 0.5) is 0 Å². The Morgan fingerprint density at radius 2 is 2.37 bits per heavy atom. The molecule has 2 unspecified atom stereocenters. The number of halogens is 1. The second kappa shape index (κ2) is 5.32. The van der Waals surface area contributed by atoms with Crippen molar-refractivity contribution in [1.29, 1.82) is 0 Å². The normalized spacial score (nSPS) is 25.0.